The highest BCUT2D eigenvalue weighted by molar-refractivity contribution is 5.53. The summed E-state index contributed by atoms with van der Waals surface area (Å²) in [7, 11) is 0. The first kappa shape index (κ1) is 14.7. The fourth-order valence-electron chi connectivity index (χ4n) is 2.05. The number of hydrogen-bond donors (Lipinski definition) is 1. The van der Waals surface area contributed by atoms with E-state index in [0.29, 0.717) is 30.1 Å². The van der Waals surface area contributed by atoms with Crippen molar-refractivity contribution in [2.75, 3.05) is 6.54 Å². The summed E-state index contributed by atoms with van der Waals surface area (Å²) >= 11 is 0. The lowest BCUT2D eigenvalue weighted by Gasteiger charge is -2.19. The quantitative estimate of drug-likeness (QED) is 0.881. The highest BCUT2D eigenvalue weighted by Crippen LogP contribution is 2.17. The van der Waals surface area contributed by atoms with E-state index in [9.17, 15) is 4.39 Å². The molecule has 0 saturated carbocycles. The molecule has 0 spiro atoms. The molecule has 4 nitrogen and oxygen atoms in total. The zero-order valence-electron chi connectivity index (χ0n) is 12.1. The van der Waals surface area contributed by atoms with Crippen LogP contribution in [0.25, 0.3) is 11.4 Å². The van der Waals surface area contributed by atoms with Crippen molar-refractivity contribution in [2.45, 2.75) is 33.2 Å². The molecule has 2 aromatic rings. The molecule has 20 heavy (non-hydrogen) atoms. The molecule has 1 aromatic carbocycles. The van der Waals surface area contributed by atoms with E-state index in [1.807, 2.05) is 0 Å². The van der Waals surface area contributed by atoms with Gasteiger partial charge in [0.15, 0.2) is 0 Å². The van der Waals surface area contributed by atoms with Crippen LogP contribution in [0.5, 0.6) is 0 Å². The van der Waals surface area contributed by atoms with E-state index in [1.54, 1.807) is 12.1 Å². The largest absolute Gasteiger partial charge is 0.339 e. The fourth-order valence-corrected chi connectivity index (χ4v) is 2.05. The van der Waals surface area contributed by atoms with Crippen molar-refractivity contribution in [1.82, 2.24) is 15.5 Å². The zero-order chi connectivity index (χ0) is 14.5. The van der Waals surface area contributed by atoms with E-state index in [1.165, 1.54) is 12.1 Å². The van der Waals surface area contributed by atoms with Gasteiger partial charge in [0.1, 0.15) is 5.82 Å². The molecular formula is C15H20FN3O. The average molecular weight is 277 g/mol. The molecule has 0 aliphatic heterocycles. The topological polar surface area (TPSA) is 51.0 Å². The van der Waals surface area contributed by atoms with Crippen LogP contribution in [0, 0.1) is 11.7 Å². The van der Waals surface area contributed by atoms with Crippen LogP contribution in [0.2, 0.25) is 0 Å². The predicted molar refractivity (Wildman–Crippen MR) is 75.7 cm³/mol. The molecule has 0 fully saturated rings. The summed E-state index contributed by atoms with van der Waals surface area (Å²) in [5.41, 5.74) is 0.756. The second kappa shape index (κ2) is 6.61. The number of nitrogens with one attached hydrogen (secondary N) is 1. The maximum Gasteiger partial charge on any atom is 0.228 e. The number of benzene rings is 1. The first-order valence-electron chi connectivity index (χ1n) is 6.92. The number of rotatable bonds is 6. The Hall–Kier alpha value is -1.75. The van der Waals surface area contributed by atoms with Crippen molar-refractivity contribution in [3.05, 3.63) is 36.0 Å². The van der Waals surface area contributed by atoms with Crippen LogP contribution in [0.3, 0.4) is 0 Å². The monoisotopic (exact) mass is 277 g/mol. The molecule has 1 unspecified atom stereocenters. The lowest BCUT2D eigenvalue weighted by molar-refractivity contribution is 0.329. The Labute approximate surface area is 118 Å². The molecule has 0 radical (unpaired) electrons. The SMILES string of the molecule is CCNC(Cc1nc(-c2ccc(F)cc2)no1)C(C)C. The molecule has 0 aliphatic rings. The van der Waals surface area contributed by atoms with E-state index in [0.717, 1.165) is 12.1 Å². The molecule has 0 saturated heterocycles. The van der Waals surface area contributed by atoms with Crippen molar-refractivity contribution in [2.24, 2.45) is 5.92 Å². The number of aromatic nitrogens is 2. The van der Waals surface area contributed by atoms with Crippen LogP contribution in [0.1, 0.15) is 26.7 Å². The first-order chi connectivity index (χ1) is 9.60. The molecule has 0 amide bonds. The van der Waals surface area contributed by atoms with Crippen LogP contribution < -0.4 is 5.32 Å². The average Bonchev–Trinajstić information content (AvgIpc) is 2.87. The summed E-state index contributed by atoms with van der Waals surface area (Å²) < 4.78 is 18.2. The maximum absolute atomic E-state index is 12.9. The Morgan fingerprint density at radius 2 is 1.95 bits per heavy atom. The second-order valence-electron chi connectivity index (χ2n) is 5.13. The summed E-state index contributed by atoms with van der Waals surface area (Å²) in [6, 6.07) is 6.38. The summed E-state index contributed by atoms with van der Waals surface area (Å²) in [5.74, 6) is 1.31. The van der Waals surface area contributed by atoms with E-state index in [-0.39, 0.29) is 5.82 Å². The Kier molecular flexibility index (Phi) is 4.84. The van der Waals surface area contributed by atoms with Crippen molar-refractivity contribution >= 4 is 0 Å². The van der Waals surface area contributed by atoms with Gasteiger partial charge in [0.05, 0.1) is 0 Å². The second-order valence-corrected chi connectivity index (χ2v) is 5.13. The molecule has 1 atom stereocenters. The van der Waals surface area contributed by atoms with Crippen LogP contribution >= 0.6 is 0 Å². The minimum atomic E-state index is -0.274. The highest BCUT2D eigenvalue weighted by Gasteiger charge is 2.17. The van der Waals surface area contributed by atoms with Gasteiger partial charge >= 0.3 is 0 Å². The minimum absolute atomic E-state index is 0.274. The molecule has 1 N–H and O–H groups in total. The molecule has 1 heterocycles. The van der Waals surface area contributed by atoms with Gasteiger partial charge in [0, 0.05) is 18.0 Å². The fraction of sp³-hybridized carbons (Fsp3) is 0.467. The molecule has 108 valence electrons. The molecule has 2 rings (SSSR count). The summed E-state index contributed by atoms with van der Waals surface area (Å²) in [6.45, 7) is 7.30. The number of halogens is 1. The van der Waals surface area contributed by atoms with Crippen LogP contribution in [0.4, 0.5) is 4.39 Å². The lowest BCUT2D eigenvalue weighted by Crippen LogP contribution is -2.35. The smallest absolute Gasteiger partial charge is 0.228 e. The first-order valence-corrected chi connectivity index (χ1v) is 6.92. The minimum Gasteiger partial charge on any atom is -0.339 e. The van der Waals surface area contributed by atoms with Crippen molar-refractivity contribution in [3.63, 3.8) is 0 Å². The highest BCUT2D eigenvalue weighted by atomic mass is 19.1. The molecule has 1 aromatic heterocycles. The van der Waals surface area contributed by atoms with Crippen LogP contribution in [0.15, 0.2) is 28.8 Å². The standard InChI is InChI=1S/C15H20FN3O/c1-4-17-13(10(2)3)9-14-18-15(19-20-14)11-5-7-12(16)8-6-11/h5-8,10,13,17H,4,9H2,1-3H3. The van der Waals surface area contributed by atoms with Crippen LogP contribution in [-0.2, 0) is 6.42 Å². The molecular weight excluding hydrogens is 257 g/mol. The summed E-state index contributed by atoms with van der Waals surface area (Å²) in [4.78, 5) is 4.37. The number of nitrogens with zero attached hydrogens (tertiary/aromatic N) is 2. The van der Waals surface area contributed by atoms with Gasteiger partial charge in [-0.3, -0.25) is 0 Å². The third-order valence-corrected chi connectivity index (χ3v) is 3.24. The molecule has 0 bridgehead atoms. The van der Waals surface area contributed by atoms with Gasteiger partial charge in [-0.05, 0) is 36.7 Å². The van der Waals surface area contributed by atoms with E-state index in [4.69, 9.17) is 4.52 Å². The number of hydrogen-bond acceptors (Lipinski definition) is 4. The van der Waals surface area contributed by atoms with Gasteiger partial charge in [0.25, 0.3) is 0 Å². The summed E-state index contributed by atoms with van der Waals surface area (Å²) in [6.07, 6.45) is 0.694. The van der Waals surface area contributed by atoms with Crippen molar-refractivity contribution < 1.29 is 8.91 Å². The lowest BCUT2D eigenvalue weighted by atomic mass is 10.0. The van der Waals surface area contributed by atoms with Gasteiger partial charge < -0.3 is 9.84 Å². The normalized spacial score (nSPS) is 12.8. The van der Waals surface area contributed by atoms with Gasteiger partial charge in [-0.2, -0.15) is 4.98 Å². The Bertz CT molecular complexity index is 536. The molecule has 5 heteroatoms. The summed E-state index contributed by atoms with van der Waals surface area (Å²) in [5, 5.41) is 7.36. The van der Waals surface area contributed by atoms with Gasteiger partial charge in [-0.1, -0.05) is 25.9 Å². The predicted octanol–water partition coefficient (Wildman–Crippen LogP) is 3.05. The Morgan fingerprint density at radius 1 is 1.25 bits per heavy atom. The van der Waals surface area contributed by atoms with E-state index in [2.05, 4.69) is 36.2 Å². The van der Waals surface area contributed by atoms with Gasteiger partial charge in [-0.15, -0.1) is 0 Å². The van der Waals surface area contributed by atoms with Crippen molar-refractivity contribution in [1.29, 1.82) is 0 Å². The van der Waals surface area contributed by atoms with E-state index >= 15 is 0 Å². The number of likely N-dealkylation sites (N-methyl/N-ethyl adjacent to an activating group) is 1. The third-order valence-electron chi connectivity index (χ3n) is 3.24. The van der Waals surface area contributed by atoms with Gasteiger partial charge in [-0.25, -0.2) is 4.39 Å². The van der Waals surface area contributed by atoms with Crippen LogP contribution in [-0.4, -0.2) is 22.7 Å². The van der Waals surface area contributed by atoms with E-state index < -0.39 is 0 Å². The molecule has 0 aliphatic carbocycles. The Balaban J connectivity index is 2.10. The third kappa shape index (κ3) is 3.63. The van der Waals surface area contributed by atoms with Crippen molar-refractivity contribution in [3.8, 4) is 11.4 Å². The Morgan fingerprint density at radius 3 is 2.55 bits per heavy atom. The zero-order valence-corrected chi connectivity index (χ0v) is 12.1. The van der Waals surface area contributed by atoms with Gasteiger partial charge in [0.2, 0.25) is 11.7 Å². The maximum atomic E-state index is 12.9.